The predicted octanol–water partition coefficient (Wildman–Crippen LogP) is 0.826. The number of carbonyl (C=O) groups excluding carboxylic acids is 3. The van der Waals surface area contributed by atoms with Gasteiger partial charge in [0, 0.05) is 20.9 Å². The van der Waals surface area contributed by atoms with Crippen molar-refractivity contribution in [3.63, 3.8) is 0 Å². The maximum absolute atomic E-state index is 11.3. The monoisotopic (exact) mass is 265 g/mol. The number of benzene rings is 1. The Balaban J connectivity index is 3.03. The quantitative estimate of drug-likeness (QED) is 0.644. The Morgan fingerprint density at radius 1 is 1.05 bits per heavy atom. The van der Waals surface area contributed by atoms with Gasteiger partial charge in [-0.05, 0) is 17.7 Å². The summed E-state index contributed by atoms with van der Waals surface area (Å²) in [5.74, 6) is -0.973. The van der Waals surface area contributed by atoms with Crippen molar-refractivity contribution in [3.8, 4) is 11.5 Å². The zero-order valence-electron chi connectivity index (χ0n) is 11.0. The van der Waals surface area contributed by atoms with Crippen molar-refractivity contribution in [2.45, 2.75) is 20.3 Å². The van der Waals surface area contributed by atoms with Crippen molar-refractivity contribution in [2.24, 2.45) is 0 Å². The van der Waals surface area contributed by atoms with Crippen LogP contribution in [0.4, 0.5) is 0 Å². The van der Waals surface area contributed by atoms with Gasteiger partial charge in [0.2, 0.25) is 5.91 Å². The van der Waals surface area contributed by atoms with Crippen LogP contribution in [0.2, 0.25) is 0 Å². The highest BCUT2D eigenvalue weighted by molar-refractivity contribution is 5.79. The molecule has 0 bridgehead atoms. The van der Waals surface area contributed by atoms with Gasteiger partial charge < -0.3 is 14.8 Å². The molecule has 0 aliphatic heterocycles. The molecule has 1 rings (SSSR count). The van der Waals surface area contributed by atoms with Crippen LogP contribution in [0, 0.1) is 0 Å². The summed E-state index contributed by atoms with van der Waals surface area (Å²) in [4.78, 5) is 33.2. The third-order valence-corrected chi connectivity index (χ3v) is 2.16. The van der Waals surface area contributed by atoms with Crippen molar-refractivity contribution < 1.29 is 23.9 Å². The number of rotatable bonds is 4. The fraction of sp³-hybridized carbons (Fsp3) is 0.308. The molecule has 0 atom stereocenters. The summed E-state index contributed by atoms with van der Waals surface area (Å²) < 4.78 is 9.87. The van der Waals surface area contributed by atoms with E-state index in [2.05, 4.69) is 5.32 Å². The van der Waals surface area contributed by atoms with Gasteiger partial charge in [-0.3, -0.25) is 14.4 Å². The molecule has 0 unspecified atom stereocenters. The third kappa shape index (κ3) is 4.79. The van der Waals surface area contributed by atoms with Gasteiger partial charge in [0.1, 0.15) is 0 Å². The van der Waals surface area contributed by atoms with Gasteiger partial charge in [-0.1, -0.05) is 6.07 Å². The van der Waals surface area contributed by atoms with Gasteiger partial charge in [-0.15, -0.1) is 0 Å². The van der Waals surface area contributed by atoms with Crippen LogP contribution in [0.5, 0.6) is 11.5 Å². The van der Waals surface area contributed by atoms with Gasteiger partial charge in [0.05, 0.1) is 6.42 Å². The highest BCUT2D eigenvalue weighted by Gasteiger charge is 2.12. The van der Waals surface area contributed by atoms with Gasteiger partial charge in [0.15, 0.2) is 11.5 Å². The molecule has 0 heterocycles. The Hall–Kier alpha value is -2.37. The molecule has 0 aliphatic rings. The van der Waals surface area contributed by atoms with Crippen LogP contribution in [0.3, 0.4) is 0 Å². The minimum Gasteiger partial charge on any atom is -0.423 e. The van der Waals surface area contributed by atoms with Crippen molar-refractivity contribution in [1.82, 2.24) is 5.32 Å². The summed E-state index contributed by atoms with van der Waals surface area (Å²) in [6, 6.07) is 4.60. The Kier molecular flexibility index (Phi) is 5.05. The summed E-state index contributed by atoms with van der Waals surface area (Å²) in [5.41, 5.74) is 0.645. The number of ether oxygens (including phenoxy) is 2. The summed E-state index contributed by atoms with van der Waals surface area (Å²) in [5, 5.41) is 2.49. The van der Waals surface area contributed by atoms with Crippen molar-refractivity contribution in [2.75, 3.05) is 7.05 Å². The van der Waals surface area contributed by atoms with E-state index in [1.165, 1.54) is 33.0 Å². The second kappa shape index (κ2) is 6.53. The van der Waals surface area contributed by atoms with Crippen molar-refractivity contribution >= 4 is 17.8 Å². The first-order valence-electron chi connectivity index (χ1n) is 5.62. The molecule has 102 valence electrons. The van der Waals surface area contributed by atoms with Crippen molar-refractivity contribution in [3.05, 3.63) is 23.8 Å². The van der Waals surface area contributed by atoms with E-state index in [0.29, 0.717) is 5.56 Å². The van der Waals surface area contributed by atoms with Gasteiger partial charge in [-0.25, -0.2) is 0 Å². The molecule has 1 amide bonds. The second-order valence-electron chi connectivity index (χ2n) is 3.82. The summed E-state index contributed by atoms with van der Waals surface area (Å²) in [6.45, 7) is 2.49. The van der Waals surface area contributed by atoms with Crippen LogP contribution in [-0.2, 0) is 20.8 Å². The second-order valence-corrected chi connectivity index (χ2v) is 3.82. The topological polar surface area (TPSA) is 81.7 Å². The molecule has 1 N–H and O–H groups in total. The molecule has 0 aliphatic carbocycles. The Labute approximate surface area is 110 Å². The molecule has 0 saturated carbocycles. The fourth-order valence-corrected chi connectivity index (χ4v) is 1.41. The number of esters is 2. The Bertz CT molecular complexity index is 510. The Morgan fingerprint density at radius 3 is 2.16 bits per heavy atom. The maximum Gasteiger partial charge on any atom is 0.308 e. The van der Waals surface area contributed by atoms with Crippen molar-refractivity contribution in [1.29, 1.82) is 0 Å². The predicted molar refractivity (Wildman–Crippen MR) is 66.8 cm³/mol. The fourth-order valence-electron chi connectivity index (χ4n) is 1.41. The molecule has 0 radical (unpaired) electrons. The lowest BCUT2D eigenvalue weighted by Crippen LogP contribution is -2.20. The number of hydrogen-bond acceptors (Lipinski definition) is 5. The number of hydrogen-bond donors (Lipinski definition) is 1. The van der Waals surface area contributed by atoms with Gasteiger partial charge in [0.25, 0.3) is 0 Å². The SMILES string of the molecule is CNC(=O)Cc1ccc(OC(C)=O)c(OC(C)=O)c1. The van der Waals surface area contributed by atoms with Gasteiger partial charge >= 0.3 is 11.9 Å². The lowest BCUT2D eigenvalue weighted by molar-refractivity contribution is -0.134. The lowest BCUT2D eigenvalue weighted by Gasteiger charge is -2.10. The van der Waals surface area contributed by atoms with Crippen LogP contribution >= 0.6 is 0 Å². The lowest BCUT2D eigenvalue weighted by atomic mass is 10.1. The van der Waals surface area contributed by atoms with Crippen LogP contribution in [-0.4, -0.2) is 24.9 Å². The number of likely N-dealkylation sites (N-methyl/N-ethyl adjacent to an activating group) is 1. The maximum atomic E-state index is 11.3. The normalized spacial score (nSPS) is 9.63. The molecule has 1 aromatic carbocycles. The molecule has 0 spiro atoms. The zero-order chi connectivity index (χ0) is 14.4. The first kappa shape index (κ1) is 14.7. The van der Waals surface area contributed by atoms with E-state index in [9.17, 15) is 14.4 Å². The summed E-state index contributed by atoms with van der Waals surface area (Å²) in [7, 11) is 1.53. The molecule has 0 aromatic heterocycles. The first-order valence-corrected chi connectivity index (χ1v) is 5.62. The molecular weight excluding hydrogens is 250 g/mol. The third-order valence-electron chi connectivity index (χ3n) is 2.16. The number of amides is 1. The molecule has 0 fully saturated rings. The number of nitrogens with one attached hydrogen (secondary N) is 1. The summed E-state index contributed by atoms with van der Waals surface area (Å²) >= 11 is 0. The van der Waals surface area contributed by atoms with Crippen LogP contribution in [0.1, 0.15) is 19.4 Å². The smallest absolute Gasteiger partial charge is 0.308 e. The Morgan fingerprint density at radius 2 is 1.63 bits per heavy atom. The average Bonchev–Trinajstić information content (AvgIpc) is 2.31. The van der Waals surface area contributed by atoms with Crippen LogP contribution < -0.4 is 14.8 Å². The van der Waals surface area contributed by atoms with Crippen LogP contribution in [0.25, 0.3) is 0 Å². The van der Waals surface area contributed by atoms with Crippen LogP contribution in [0.15, 0.2) is 18.2 Å². The zero-order valence-corrected chi connectivity index (χ0v) is 11.0. The molecule has 6 heteroatoms. The molecule has 0 saturated heterocycles. The number of carbonyl (C=O) groups is 3. The van der Waals surface area contributed by atoms with E-state index >= 15 is 0 Å². The van der Waals surface area contributed by atoms with Gasteiger partial charge in [-0.2, -0.15) is 0 Å². The minimum absolute atomic E-state index is 0.115. The summed E-state index contributed by atoms with van der Waals surface area (Å²) in [6.07, 6.45) is 0.144. The first-order chi connectivity index (χ1) is 8.92. The van der Waals surface area contributed by atoms with E-state index in [-0.39, 0.29) is 23.8 Å². The van der Waals surface area contributed by atoms with E-state index in [4.69, 9.17) is 9.47 Å². The highest BCUT2D eigenvalue weighted by Crippen LogP contribution is 2.29. The van der Waals surface area contributed by atoms with E-state index in [0.717, 1.165) is 0 Å². The van der Waals surface area contributed by atoms with E-state index in [1.54, 1.807) is 6.07 Å². The standard InChI is InChI=1S/C13H15NO5/c1-8(15)18-11-5-4-10(7-13(17)14-3)6-12(11)19-9(2)16/h4-6H,7H2,1-3H3,(H,14,17). The molecule has 6 nitrogen and oxygen atoms in total. The molecular formula is C13H15NO5. The minimum atomic E-state index is -0.537. The molecule has 1 aromatic rings. The van der Waals surface area contributed by atoms with E-state index < -0.39 is 11.9 Å². The average molecular weight is 265 g/mol. The molecule has 19 heavy (non-hydrogen) atoms. The largest absolute Gasteiger partial charge is 0.423 e. The highest BCUT2D eigenvalue weighted by atomic mass is 16.6. The van der Waals surface area contributed by atoms with E-state index in [1.807, 2.05) is 0 Å².